The molecule has 1 aliphatic carbocycles. The van der Waals surface area contributed by atoms with E-state index in [9.17, 15) is 0 Å². The van der Waals surface area contributed by atoms with Crippen LogP contribution in [0, 0.1) is 18.8 Å². The lowest BCUT2D eigenvalue weighted by atomic mass is 9.85. The van der Waals surface area contributed by atoms with Crippen molar-refractivity contribution in [1.29, 1.82) is 0 Å². The molecule has 0 saturated heterocycles. The molecule has 0 amide bonds. The van der Waals surface area contributed by atoms with Gasteiger partial charge in [-0.25, -0.2) is 0 Å². The van der Waals surface area contributed by atoms with Crippen molar-refractivity contribution in [1.82, 2.24) is 0 Å². The van der Waals surface area contributed by atoms with Crippen molar-refractivity contribution in [2.24, 2.45) is 11.8 Å². The van der Waals surface area contributed by atoms with E-state index in [0.29, 0.717) is 0 Å². The quantitative estimate of drug-likeness (QED) is 0.576. The Morgan fingerprint density at radius 1 is 1.36 bits per heavy atom. The molecule has 1 radical (unpaired) electrons. The van der Waals surface area contributed by atoms with Crippen LogP contribution in [0.15, 0.2) is 0 Å². The van der Waals surface area contributed by atoms with Gasteiger partial charge in [0.2, 0.25) is 0 Å². The van der Waals surface area contributed by atoms with E-state index in [1.54, 1.807) is 0 Å². The number of hydrogen-bond donors (Lipinski definition) is 0. The summed E-state index contributed by atoms with van der Waals surface area (Å²) in [5.41, 5.74) is 0. The Morgan fingerprint density at radius 2 is 2.00 bits per heavy atom. The van der Waals surface area contributed by atoms with Crippen LogP contribution < -0.4 is 0 Å². The van der Waals surface area contributed by atoms with Gasteiger partial charge in [0, 0.05) is 0 Å². The van der Waals surface area contributed by atoms with Gasteiger partial charge in [-0.05, 0) is 11.8 Å². The third kappa shape index (κ3) is 2.50. The van der Waals surface area contributed by atoms with Gasteiger partial charge in [-0.2, -0.15) is 0 Å². The topological polar surface area (TPSA) is 0 Å². The van der Waals surface area contributed by atoms with Crippen LogP contribution >= 0.6 is 0 Å². The van der Waals surface area contributed by atoms with Crippen molar-refractivity contribution < 1.29 is 0 Å². The van der Waals surface area contributed by atoms with Crippen LogP contribution in [0.2, 0.25) is 0 Å². The molecule has 0 aromatic carbocycles. The first-order chi connectivity index (χ1) is 5.38. The molecule has 11 heavy (non-hydrogen) atoms. The van der Waals surface area contributed by atoms with Gasteiger partial charge in [-0.15, -0.1) is 0 Å². The van der Waals surface area contributed by atoms with E-state index < -0.39 is 0 Å². The Labute approximate surface area is 71.4 Å². The molecule has 1 rings (SSSR count). The first kappa shape index (κ1) is 9.09. The minimum atomic E-state index is 0.947. The highest BCUT2D eigenvalue weighted by Gasteiger charge is 2.22. The molecule has 0 heteroatoms. The maximum atomic E-state index is 4.05. The summed E-state index contributed by atoms with van der Waals surface area (Å²) in [4.78, 5) is 0. The molecule has 0 nitrogen and oxygen atoms in total. The third-order valence-electron chi connectivity index (χ3n) is 3.10. The van der Waals surface area contributed by atoms with Crippen molar-refractivity contribution >= 4 is 0 Å². The van der Waals surface area contributed by atoms with E-state index in [1.807, 2.05) is 0 Å². The van der Waals surface area contributed by atoms with E-state index in [4.69, 9.17) is 0 Å². The fraction of sp³-hybridized carbons (Fsp3) is 0.909. The molecule has 0 bridgehead atoms. The summed E-state index contributed by atoms with van der Waals surface area (Å²) in [5, 5.41) is 0. The Hall–Kier alpha value is 0. The predicted octanol–water partition coefficient (Wildman–Crippen LogP) is 3.82. The van der Waals surface area contributed by atoms with Crippen LogP contribution in [-0.4, -0.2) is 0 Å². The van der Waals surface area contributed by atoms with Crippen LogP contribution in [0.25, 0.3) is 0 Å². The summed E-state index contributed by atoms with van der Waals surface area (Å²) in [7, 11) is 0. The predicted molar refractivity (Wildman–Crippen MR) is 50.3 cm³/mol. The van der Waals surface area contributed by atoms with Gasteiger partial charge in [0.1, 0.15) is 0 Å². The summed E-state index contributed by atoms with van der Waals surface area (Å²) in [6.07, 6.45) is 9.85. The Morgan fingerprint density at radius 3 is 2.45 bits per heavy atom. The lowest BCUT2D eigenvalue weighted by molar-refractivity contribution is 0.317. The van der Waals surface area contributed by atoms with Gasteiger partial charge in [-0.3, -0.25) is 0 Å². The SMILES string of the molecule is [CH2]CC(CCC)C1CCCC1. The highest BCUT2D eigenvalue weighted by Crippen LogP contribution is 2.35. The second kappa shape index (κ2) is 4.79. The fourth-order valence-corrected chi connectivity index (χ4v) is 2.42. The zero-order chi connectivity index (χ0) is 8.10. The molecule has 0 spiro atoms. The molecule has 0 N–H and O–H groups in total. The fourth-order valence-electron chi connectivity index (χ4n) is 2.42. The van der Waals surface area contributed by atoms with Crippen molar-refractivity contribution in [2.45, 2.75) is 51.9 Å². The Bertz CT molecular complexity index is 90.2. The molecule has 0 heterocycles. The molecule has 1 unspecified atom stereocenters. The van der Waals surface area contributed by atoms with Crippen LogP contribution in [0.1, 0.15) is 51.9 Å². The first-order valence-electron chi connectivity index (χ1n) is 5.17. The minimum absolute atomic E-state index is 0.947. The van der Waals surface area contributed by atoms with Crippen LogP contribution in [0.5, 0.6) is 0 Å². The van der Waals surface area contributed by atoms with Gasteiger partial charge in [-0.1, -0.05) is 58.8 Å². The van der Waals surface area contributed by atoms with Crippen LogP contribution in [0.4, 0.5) is 0 Å². The van der Waals surface area contributed by atoms with Gasteiger partial charge >= 0.3 is 0 Å². The summed E-state index contributed by atoms with van der Waals surface area (Å²) in [6.45, 7) is 6.34. The largest absolute Gasteiger partial charge is 0.0654 e. The number of rotatable bonds is 4. The molecule has 0 aromatic heterocycles. The molecule has 1 fully saturated rings. The molecule has 1 aliphatic rings. The molecular formula is C11H21. The summed E-state index contributed by atoms with van der Waals surface area (Å²) < 4.78 is 0. The van der Waals surface area contributed by atoms with Crippen molar-refractivity contribution in [3.63, 3.8) is 0 Å². The second-order valence-corrected chi connectivity index (χ2v) is 3.88. The summed E-state index contributed by atoms with van der Waals surface area (Å²) >= 11 is 0. The van der Waals surface area contributed by atoms with Gasteiger partial charge < -0.3 is 0 Å². The zero-order valence-electron chi connectivity index (χ0n) is 7.81. The van der Waals surface area contributed by atoms with Crippen LogP contribution in [0.3, 0.4) is 0 Å². The monoisotopic (exact) mass is 153 g/mol. The smallest absolute Gasteiger partial charge is 0.0386 e. The molecule has 1 atom stereocenters. The lowest BCUT2D eigenvalue weighted by Gasteiger charge is -2.20. The first-order valence-corrected chi connectivity index (χ1v) is 5.17. The number of hydrogen-bond acceptors (Lipinski definition) is 0. The van der Waals surface area contributed by atoms with Crippen molar-refractivity contribution in [3.05, 3.63) is 6.92 Å². The van der Waals surface area contributed by atoms with Gasteiger partial charge in [0.15, 0.2) is 0 Å². The Balaban J connectivity index is 2.27. The van der Waals surface area contributed by atoms with Crippen molar-refractivity contribution in [3.8, 4) is 0 Å². The lowest BCUT2D eigenvalue weighted by Crippen LogP contribution is -2.10. The highest BCUT2D eigenvalue weighted by molar-refractivity contribution is 4.75. The maximum absolute atomic E-state index is 4.05. The average molecular weight is 153 g/mol. The Kier molecular flexibility index (Phi) is 3.96. The average Bonchev–Trinajstić information content (AvgIpc) is 2.52. The van der Waals surface area contributed by atoms with Crippen molar-refractivity contribution in [2.75, 3.05) is 0 Å². The summed E-state index contributed by atoms with van der Waals surface area (Å²) in [6, 6.07) is 0. The molecule has 1 saturated carbocycles. The molecule has 0 aromatic rings. The van der Waals surface area contributed by atoms with E-state index in [1.165, 1.54) is 44.9 Å². The standard InChI is InChI=1S/C11H21/c1-3-7-10(4-2)11-8-5-6-9-11/h10-11H,2-9H2,1H3. The minimum Gasteiger partial charge on any atom is -0.0654 e. The van der Waals surface area contributed by atoms with Crippen LogP contribution in [-0.2, 0) is 0 Å². The molecule has 65 valence electrons. The molecule has 0 aliphatic heterocycles. The van der Waals surface area contributed by atoms with E-state index >= 15 is 0 Å². The van der Waals surface area contributed by atoms with E-state index in [0.717, 1.165) is 11.8 Å². The normalized spacial score (nSPS) is 22.4. The second-order valence-electron chi connectivity index (χ2n) is 3.88. The third-order valence-corrected chi connectivity index (χ3v) is 3.10. The van der Waals surface area contributed by atoms with E-state index in [2.05, 4.69) is 13.8 Å². The van der Waals surface area contributed by atoms with Gasteiger partial charge in [0.25, 0.3) is 0 Å². The molecular weight excluding hydrogens is 132 g/mol. The van der Waals surface area contributed by atoms with E-state index in [-0.39, 0.29) is 0 Å². The summed E-state index contributed by atoms with van der Waals surface area (Å²) in [5.74, 6) is 1.98. The maximum Gasteiger partial charge on any atom is -0.0386 e. The zero-order valence-corrected chi connectivity index (χ0v) is 7.81. The highest BCUT2D eigenvalue weighted by atomic mass is 14.3. The van der Waals surface area contributed by atoms with Gasteiger partial charge in [0.05, 0.1) is 0 Å².